The van der Waals surface area contributed by atoms with Crippen LogP contribution in [-0.2, 0) is 14.3 Å². The van der Waals surface area contributed by atoms with Crippen molar-refractivity contribution in [1.29, 1.82) is 0 Å². The molecule has 0 aromatic rings. The molecule has 0 amide bonds. The van der Waals surface area contributed by atoms with Crippen molar-refractivity contribution in [3.05, 3.63) is 0 Å². The fraction of sp³-hybridized carbons (Fsp3) is 0.923. The van der Waals surface area contributed by atoms with Crippen LogP contribution < -0.4 is 0 Å². The van der Waals surface area contributed by atoms with E-state index in [1.165, 1.54) is 77.0 Å². The molecule has 0 aromatic heterocycles. The summed E-state index contributed by atoms with van der Waals surface area (Å²) in [6.45, 7) is 8.67. The molecule has 0 N–H and O–H groups in total. The highest BCUT2D eigenvalue weighted by atomic mass is 16.5. The molecule has 3 heteroatoms. The van der Waals surface area contributed by atoms with E-state index in [4.69, 9.17) is 4.74 Å². The predicted octanol–water partition coefficient (Wildman–Crippen LogP) is 8.04. The van der Waals surface area contributed by atoms with Crippen LogP contribution in [0, 0.1) is 11.8 Å². The van der Waals surface area contributed by atoms with Gasteiger partial charge in [0.25, 0.3) is 0 Å². The Labute approximate surface area is 181 Å². The Morgan fingerprint density at radius 2 is 1.17 bits per heavy atom. The zero-order valence-electron chi connectivity index (χ0n) is 20.1. The molecular weight excluding hydrogens is 360 g/mol. The normalized spacial score (nSPS) is 12.3. The maximum Gasteiger partial charge on any atom is 0.306 e. The second-order valence-corrected chi connectivity index (χ2v) is 9.27. The van der Waals surface area contributed by atoms with Gasteiger partial charge < -0.3 is 9.53 Å². The van der Waals surface area contributed by atoms with Gasteiger partial charge in [0.2, 0.25) is 0 Å². The second kappa shape index (κ2) is 20.4. The quantitative estimate of drug-likeness (QED) is 0.142. The van der Waals surface area contributed by atoms with Crippen LogP contribution >= 0.6 is 0 Å². The molecule has 29 heavy (non-hydrogen) atoms. The van der Waals surface area contributed by atoms with E-state index in [9.17, 15) is 9.59 Å². The molecule has 0 radical (unpaired) electrons. The number of hydrogen-bond acceptors (Lipinski definition) is 3. The highest BCUT2D eigenvalue weighted by Crippen LogP contribution is 2.22. The van der Waals surface area contributed by atoms with Gasteiger partial charge in [-0.25, -0.2) is 0 Å². The number of rotatable bonds is 21. The van der Waals surface area contributed by atoms with Crippen molar-refractivity contribution in [3.63, 3.8) is 0 Å². The third kappa shape index (κ3) is 20.2. The maximum atomic E-state index is 12.0. The first-order valence-corrected chi connectivity index (χ1v) is 12.6. The summed E-state index contributed by atoms with van der Waals surface area (Å²) >= 11 is 0. The number of unbranched alkanes of at least 4 members (excludes halogenated alkanes) is 13. The van der Waals surface area contributed by atoms with Gasteiger partial charge in [0, 0.05) is 12.8 Å². The Morgan fingerprint density at radius 3 is 1.59 bits per heavy atom. The van der Waals surface area contributed by atoms with E-state index >= 15 is 0 Å². The maximum absolute atomic E-state index is 12.0. The van der Waals surface area contributed by atoms with Gasteiger partial charge >= 0.3 is 5.97 Å². The van der Waals surface area contributed by atoms with Crippen LogP contribution in [0.5, 0.6) is 0 Å². The molecule has 1 atom stereocenters. The molecule has 0 spiro atoms. The summed E-state index contributed by atoms with van der Waals surface area (Å²) in [6, 6.07) is 0. The van der Waals surface area contributed by atoms with Gasteiger partial charge in [0.15, 0.2) is 0 Å². The summed E-state index contributed by atoms with van der Waals surface area (Å²) in [5.74, 6) is 0.763. The second-order valence-electron chi connectivity index (χ2n) is 9.27. The third-order valence-electron chi connectivity index (χ3n) is 6.00. The lowest BCUT2D eigenvalue weighted by atomic mass is 9.88. The van der Waals surface area contributed by atoms with Crippen molar-refractivity contribution in [2.75, 3.05) is 6.61 Å². The van der Waals surface area contributed by atoms with Crippen LogP contribution in [0.15, 0.2) is 0 Å². The first kappa shape index (κ1) is 28.1. The molecule has 0 saturated carbocycles. The fourth-order valence-electron chi connectivity index (χ4n) is 3.82. The van der Waals surface area contributed by atoms with Crippen LogP contribution in [0.25, 0.3) is 0 Å². The number of ether oxygens (including phenoxy) is 1. The smallest absolute Gasteiger partial charge is 0.306 e. The summed E-state index contributed by atoms with van der Waals surface area (Å²) < 4.78 is 5.41. The van der Waals surface area contributed by atoms with Crippen molar-refractivity contribution in [1.82, 2.24) is 0 Å². The molecule has 0 heterocycles. The molecule has 0 rings (SSSR count). The van der Waals surface area contributed by atoms with Crippen LogP contribution in [0.2, 0.25) is 0 Å². The third-order valence-corrected chi connectivity index (χ3v) is 6.00. The van der Waals surface area contributed by atoms with Gasteiger partial charge in [0.05, 0.1) is 6.61 Å². The highest BCUT2D eigenvalue weighted by molar-refractivity contribution is 5.75. The number of carbonyl (C=O) groups is 2. The van der Waals surface area contributed by atoms with E-state index in [1.54, 1.807) is 6.92 Å². The number of hydrogen-bond donors (Lipinski definition) is 0. The van der Waals surface area contributed by atoms with E-state index < -0.39 is 0 Å². The van der Waals surface area contributed by atoms with E-state index in [0.29, 0.717) is 25.4 Å². The molecule has 0 aliphatic carbocycles. The fourth-order valence-corrected chi connectivity index (χ4v) is 3.82. The minimum atomic E-state index is -0.0954. The van der Waals surface area contributed by atoms with Gasteiger partial charge in [-0.05, 0) is 31.6 Å². The molecule has 0 bridgehead atoms. The van der Waals surface area contributed by atoms with Crippen LogP contribution in [0.3, 0.4) is 0 Å². The monoisotopic (exact) mass is 410 g/mol. The molecule has 1 unspecified atom stereocenters. The number of Topliss-reactive ketones (excluding diaryl/α,β-unsaturated/α-hetero) is 1. The van der Waals surface area contributed by atoms with E-state index in [0.717, 1.165) is 19.3 Å². The van der Waals surface area contributed by atoms with Crippen molar-refractivity contribution in [2.24, 2.45) is 11.8 Å². The van der Waals surface area contributed by atoms with Crippen LogP contribution in [0.1, 0.15) is 137 Å². The highest BCUT2D eigenvalue weighted by Gasteiger charge is 2.18. The number of esters is 1. The Morgan fingerprint density at radius 1 is 0.724 bits per heavy atom. The van der Waals surface area contributed by atoms with Crippen molar-refractivity contribution >= 4 is 11.8 Å². The standard InChI is InChI=1S/C26H50O3/c1-5-6-7-8-9-10-11-12-13-14-15-16-17-18-21-29-26(28)22-25(23(2)3)20-19-24(4)27/h23,25H,5-22H2,1-4H3. The van der Waals surface area contributed by atoms with Crippen LogP contribution in [-0.4, -0.2) is 18.4 Å². The van der Waals surface area contributed by atoms with E-state index in [2.05, 4.69) is 20.8 Å². The van der Waals surface area contributed by atoms with Crippen molar-refractivity contribution in [3.8, 4) is 0 Å². The Balaban J connectivity index is 3.44. The first-order valence-electron chi connectivity index (χ1n) is 12.6. The van der Waals surface area contributed by atoms with Gasteiger partial charge in [-0.2, -0.15) is 0 Å². The van der Waals surface area contributed by atoms with Gasteiger partial charge in [-0.15, -0.1) is 0 Å². The summed E-state index contributed by atoms with van der Waals surface area (Å²) in [4.78, 5) is 23.2. The lowest BCUT2D eigenvalue weighted by Gasteiger charge is -2.19. The minimum absolute atomic E-state index is 0.0954. The van der Waals surface area contributed by atoms with Crippen molar-refractivity contribution < 1.29 is 14.3 Å². The molecule has 0 fully saturated rings. The Bertz CT molecular complexity index is 389. The van der Waals surface area contributed by atoms with E-state index in [1.807, 2.05) is 0 Å². The summed E-state index contributed by atoms with van der Waals surface area (Å²) in [5, 5.41) is 0. The average molecular weight is 411 g/mol. The zero-order valence-corrected chi connectivity index (χ0v) is 20.1. The topological polar surface area (TPSA) is 43.4 Å². The van der Waals surface area contributed by atoms with E-state index in [-0.39, 0.29) is 17.7 Å². The largest absolute Gasteiger partial charge is 0.466 e. The molecule has 0 aliphatic heterocycles. The molecule has 0 aliphatic rings. The Hall–Kier alpha value is -0.860. The number of ketones is 1. The lowest BCUT2D eigenvalue weighted by Crippen LogP contribution is -2.17. The minimum Gasteiger partial charge on any atom is -0.466 e. The molecule has 0 aromatic carbocycles. The summed E-state index contributed by atoms with van der Waals surface area (Å²) in [5.41, 5.74) is 0. The average Bonchev–Trinajstić information content (AvgIpc) is 2.67. The SMILES string of the molecule is CCCCCCCCCCCCCCCCOC(=O)CC(CCC(C)=O)C(C)C. The molecule has 3 nitrogen and oxygen atoms in total. The molecule has 0 saturated heterocycles. The van der Waals surface area contributed by atoms with Gasteiger partial charge in [-0.1, -0.05) is 104 Å². The predicted molar refractivity (Wildman–Crippen MR) is 124 cm³/mol. The van der Waals surface area contributed by atoms with Gasteiger partial charge in [0.1, 0.15) is 5.78 Å². The summed E-state index contributed by atoms with van der Waals surface area (Å²) in [7, 11) is 0. The lowest BCUT2D eigenvalue weighted by molar-refractivity contribution is -0.145. The number of carbonyl (C=O) groups excluding carboxylic acids is 2. The van der Waals surface area contributed by atoms with Gasteiger partial charge in [-0.3, -0.25) is 4.79 Å². The van der Waals surface area contributed by atoms with Crippen LogP contribution in [0.4, 0.5) is 0 Å². The molecule has 172 valence electrons. The zero-order chi connectivity index (χ0) is 21.7. The molecular formula is C26H50O3. The summed E-state index contributed by atoms with van der Waals surface area (Å²) in [6.07, 6.45) is 20.5. The Kier molecular flexibility index (Phi) is 19.8. The first-order chi connectivity index (χ1) is 14.0. The van der Waals surface area contributed by atoms with Crippen molar-refractivity contribution in [2.45, 2.75) is 137 Å².